The number of rotatable bonds is 6. The van der Waals surface area contributed by atoms with Crippen molar-refractivity contribution in [3.05, 3.63) is 69.6 Å². The molecular formula is C22H24F3N5O2. The topological polar surface area (TPSA) is 81.5 Å². The third kappa shape index (κ3) is 4.98. The van der Waals surface area contributed by atoms with E-state index in [-0.39, 0.29) is 13.0 Å². The van der Waals surface area contributed by atoms with Crippen LogP contribution in [-0.2, 0) is 17.4 Å². The van der Waals surface area contributed by atoms with Gasteiger partial charge in [-0.25, -0.2) is 0 Å². The molecule has 1 aliphatic rings. The largest absolute Gasteiger partial charge is 0.497 e. The number of likely N-dealkylation sites (N-methyl/N-ethyl adjacent to an activating group) is 1. The highest BCUT2D eigenvalue weighted by molar-refractivity contribution is 5.99. The number of carbonyl (C=O) groups excluding carboxylic acids is 1. The van der Waals surface area contributed by atoms with Crippen molar-refractivity contribution in [2.24, 2.45) is 5.11 Å². The van der Waals surface area contributed by atoms with Gasteiger partial charge in [0.05, 0.1) is 12.7 Å². The molecule has 1 amide bonds. The average molecular weight is 447 g/mol. The number of azide groups is 1. The van der Waals surface area contributed by atoms with Gasteiger partial charge in [0.2, 0.25) is 5.91 Å². The first kappa shape index (κ1) is 23.4. The van der Waals surface area contributed by atoms with Crippen molar-refractivity contribution in [2.45, 2.75) is 24.6 Å². The molecule has 2 aromatic rings. The first-order chi connectivity index (χ1) is 15.2. The second-order valence-electron chi connectivity index (χ2n) is 7.87. The van der Waals surface area contributed by atoms with Crippen molar-refractivity contribution in [1.82, 2.24) is 4.90 Å². The van der Waals surface area contributed by atoms with Crippen LogP contribution in [0.25, 0.3) is 10.4 Å². The molecule has 3 rings (SSSR count). The van der Waals surface area contributed by atoms with Gasteiger partial charge in [-0.15, -0.1) is 0 Å². The Morgan fingerprint density at radius 3 is 2.47 bits per heavy atom. The van der Waals surface area contributed by atoms with Gasteiger partial charge >= 0.3 is 6.18 Å². The fourth-order valence-electron chi connectivity index (χ4n) is 3.86. The van der Waals surface area contributed by atoms with Crippen LogP contribution in [-0.4, -0.2) is 51.1 Å². The summed E-state index contributed by atoms with van der Waals surface area (Å²) in [6.45, 7) is 0.735. The number of hydrogen-bond donors (Lipinski definition) is 0. The molecule has 0 aliphatic carbocycles. The van der Waals surface area contributed by atoms with Gasteiger partial charge in [-0.2, -0.15) is 13.2 Å². The Labute approximate surface area is 184 Å². The minimum Gasteiger partial charge on any atom is -0.497 e. The van der Waals surface area contributed by atoms with E-state index in [1.165, 1.54) is 18.1 Å². The zero-order chi connectivity index (χ0) is 23.5. The molecule has 1 heterocycles. The third-order valence-corrected chi connectivity index (χ3v) is 5.53. The van der Waals surface area contributed by atoms with E-state index in [1.54, 1.807) is 24.3 Å². The minimum atomic E-state index is -4.51. The molecule has 32 heavy (non-hydrogen) atoms. The maximum Gasteiger partial charge on any atom is 0.416 e. The van der Waals surface area contributed by atoms with E-state index in [2.05, 4.69) is 10.0 Å². The van der Waals surface area contributed by atoms with Gasteiger partial charge in [0.15, 0.2) is 0 Å². The van der Waals surface area contributed by atoms with Gasteiger partial charge in [-0.05, 0) is 67.5 Å². The predicted octanol–water partition coefficient (Wildman–Crippen LogP) is 4.63. The van der Waals surface area contributed by atoms with Crippen LogP contribution in [0, 0.1) is 0 Å². The third-order valence-electron chi connectivity index (χ3n) is 5.53. The molecule has 0 radical (unpaired) electrons. The highest BCUT2D eigenvalue weighted by Crippen LogP contribution is 2.40. The van der Waals surface area contributed by atoms with E-state index < -0.39 is 29.6 Å². The number of ether oxygens (including phenoxy) is 1. The van der Waals surface area contributed by atoms with Crippen molar-refractivity contribution in [1.29, 1.82) is 0 Å². The molecule has 0 aromatic heterocycles. The van der Waals surface area contributed by atoms with Gasteiger partial charge < -0.3 is 14.5 Å². The van der Waals surface area contributed by atoms with Gasteiger partial charge in [0, 0.05) is 29.6 Å². The summed E-state index contributed by atoms with van der Waals surface area (Å²) in [5.41, 5.74) is 9.83. The minimum absolute atomic E-state index is 0.111. The quantitative estimate of drug-likeness (QED) is 0.368. The Balaban J connectivity index is 2.16. The van der Waals surface area contributed by atoms with Crippen LogP contribution < -0.4 is 9.64 Å². The van der Waals surface area contributed by atoms with Gasteiger partial charge in [0.25, 0.3) is 0 Å². The molecule has 0 bridgehead atoms. The number of hydrogen-bond acceptors (Lipinski definition) is 4. The van der Waals surface area contributed by atoms with Crippen LogP contribution in [0.15, 0.2) is 47.6 Å². The Bertz CT molecular complexity index is 1020. The van der Waals surface area contributed by atoms with E-state index in [4.69, 9.17) is 10.3 Å². The monoisotopic (exact) mass is 447 g/mol. The summed E-state index contributed by atoms with van der Waals surface area (Å²) >= 11 is 0. The molecule has 0 saturated heterocycles. The number of nitrogens with zero attached hydrogens (tertiary/aromatic N) is 5. The van der Waals surface area contributed by atoms with Crippen molar-refractivity contribution < 1.29 is 22.7 Å². The first-order valence-corrected chi connectivity index (χ1v) is 10.00. The second kappa shape index (κ2) is 9.50. The van der Waals surface area contributed by atoms with Crippen LogP contribution in [0.2, 0.25) is 0 Å². The van der Waals surface area contributed by atoms with Crippen LogP contribution in [0.1, 0.15) is 22.6 Å². The Morgan fingerprint density at radius 1 is 1.22 bits per heavy atom. The number of carbonyl (C=O) groups is 1. The molecule has 2 atom stereocenters. The summed E-state index contributed by atoms with van der Waals surface area (Å²) in [7, 11) is 5.19. The lowest BCUT2D eigenvalue weighted by atomic mass is 9.86. The zero-order valence-electron chi connectivity index (χ0n) is 18.0. The van der Waals surface area contributed by atoms with Gasteiger partial charge in [0.1, 0.15) is 11.8 Å². The fraction of sp³-hybridized carbons (Fsp3) is 0.409. The standard InChI is InChI=1S/C22H24F3N5O2/c1-29(2)10-11-30-19-9-6-16(22(23,24)25)12-15(19)13-18(20(21(30)31)27-28-26)14-4-7-17(32-3)8-5-14/h4-9,12,18,20H,10-11,13H2,1-3H3/t18-,20?/m1/s1. The lowest BCUT2D eigenvalue weighted by Gasteiger charge is -2.27. The van der Waals surface area contributed by atoms with Crippen LogP contribution >= 0.6 is 0 Å². The highest BCUT2D eigenvalue weighted by Gasteiger charge is 2.39. The Morgan fingerprint density at radius 2 is 1.91 bits per heavy atom. The normalized spacial score (nSPS) is 18.7. The average Bonchev–Trinajstić information content (AvgIpc) is 2.86. The maximum atomic E-state index is 13.5. The predicted molar refractivity (Wildman–Crippen MR) is 115 cm³/mol. The number of amides is 1. The molecule has 0 N–H and O–H groups in total. The van der Waals surface area contributed by atoms with Crippen LogP contribution in [0.5, 0.6) is 5.75 Å². The van der Waals surface area contributed by atoms with Gasteiger partial charge in [-0.1, -0.05) is 17.2 Å². The molecular weight excluding hydrogens is 423 g/mol. The van der Waals surface area contributed by atoms with Crippen LogP contribution in [0.4, 0.5) is 18.9 Å². The van der Waals surface area contributed by atoms with E-state index in [9.17, 15) is 18.0 Å². The summed E-state index contributed by atoms with van der Waals surface area (Å²) in [6, 6.07) is 9.17. The van der Waals surface area contributed by atoms with Crippen LogP contribution in [0.3, 0.4) is 0 Å². The molecule has 1 aliphatic heterocycles. The maximum absolute atomic E-state index is 13.5. The Hall–Kier alpha value is -3.23. The summed E-state index contributed by atoms with van der Waals surface area (Å²) < 4.78 is 45.4. The second-order valence-corrected chi connectivity index (χ2v) is 7.87. The molecule has 2 aromatic carbocycles. The molecule has 0 spiro atoms. The van der Waals surface area contributed by atoms with Crippen molar-refractivity contribution in [3.8, 4) is 5.75 Å². The van der Waals surface area contributed by atoms with E-state index in [0.29, 0.717) is 29.1 Å². The molecule has 0 saturated carbocycles. The summed E-state index contributed by atoms with van der Waals surface area (Å²) in [5.74, 6) is -0.471. The lowest BCUT2D eigenvalue weighted by Crippen LogP contribution is -2.43. The van der Waals surface area contributed by atoms with Gasteiger partial charge in [-0.3, -0.25) is 4.79 Å². The SMILES string of the molecule is COc1ccc([C@H]2Cc3cc(C(F)(F)F)ccc3N(CCN(C)C)C(=O)C2N=[N+]=[N-])cc1. The van der Waals surface area contributed by atoms with E-state index in [1.807, 2.05) is 19.0 Å². The van der Waals surface area contributed by atoms with E-state index in [0.717, 1.165) is 12.1 Å². The number of halogens is 3. The molecule has 0 fully saturated rings. The number of fused-ring (bicyclic) bond motifs is 1. The Kier molecular flexibility index (Phi) is 6.96. The molecule has 170 valence electrons. The number of methoxy groups -OCH3 is 1. The smallest absolute Gasteiger partial charge is 0.416 e. The molecule has 1 unspecified atom stereocenters. The zero-order valence-corrected chi connectivity index (χ0v) is 18.0. The fourth-order valence-corrected chi connectivity index (χ4v) is 3.86. The summed E-state index contributed by atoms with van der Waals surface area (Å²) in [6.07, 6.45) is -4.40. The van der Waals surface area contributed by atoms with Crippen molar-refractivity contribution in [3.63, 3.8) is 0 Å². The highest BCUT2D eigenvalue weighted by atomic mass is 19.4. The molecule has 10 heteroatoms. The number of anilines is 1. The van der Waals surface area contributed by atoms with E-state index >= 15 is 0 Å². The lowest BCUT2D eigenvalue weighted by molar-refractivity contribution is -0.137. The first-order valence-electron chi connectivity index (χ1n) is 10.00. The summed E-state index contributed by atoms with van der Waals surface area (Å²) in [4.78, 5) is 19.7. The number of alkyl halides is 3. The molecule has 7 nitrogen and oxygen atoms in total. The summed E-state index contributed by atoms with van der Waals surface area (Å²) in [5, 5.41) is 3.78. The van der Waals surface area contributed by atoms with Crippen molar-refractivity contribution in [2.75, 3.05) is 39.2 Å². The van der Waals surface area contributed by atoms with Crippen molar-refractivity contribution >= 4 is 11.6 Å². The number of benzene rings is 2.